The molecular formula is C48H39ClF12N6O6S2. The zero-order valence-electron chi connectivity index (χ0n) is 38.3. The Hall–Kier alpha value is -6.35. The highest BCUT2D eigenvalue weighted by molar-refractivity contribution is 8.13. The Morgan fingerprint density at radius 1 is 0.587 bits per heavy atom. The summed E-state index contributed by atoms with van der Waals surface area (Å²) in [5.74, 6) is -3.52. The van der Waals surface area contributed by atoms with Crippen molar-refractivity contribution in [2.75, 3.05) is 13.1 Å². The van der Waals surface area contributed by atoms with E-state index in [2.05, 4.69) is 25.3 Å². The molecule has 2 saturated heterocycles. The van der Waals surface area contributed by atoms with E-state index in [9.17, 15) is 79.1 Å². The van der Waals surface area contributed by atoms with Gasteiger partial charge in [0.2, 0.25) is 10.0 Å². The number of halogens is 13. The van der Waals surface area contributed by atoms with E-state index < -0.39 is 96.3 Å². The fourth-order valence-corrected chi connectivity index (χ4v) is 10.1. The molecular weight excluding hydrogens is 1080 g/mol. The molecule has 6 aromatic rings. The van der Waals surface area contributed by atoms with Crippen molar-refractivity contribution in [2.24, 2.45) is 0 Å². The Balaban J connectivity index is 0.000000209. The average molecular weight is 1120 g/mol. The predicted molar refractivity (Wildman–Crippen MR) is 246 cm³/mol. The van der Waals surface area contributed by atoms with E-state index >= 15 is 0 Å². The van der Waals surface area contributed by atoms with Crippen LogP contribution in [0.25, 0.3) is 22.5 Å². The lowest BCUT2D eigenvalue weighted by atomic mass is 9.99. The third-order valence-corrected chi connectivity index (χ3v) is 14.6. The fraction of sp³-hybridized carbons (Fsp3) is 0.292. The standard InChI is InChI=1S/C24H19F6N3O3S.C18H16F5N3O.C6H4ClFO2S/c25-16-2-4-18(5-3-16)37(35,36)33-8-7-19(27)23(33)21(34)6-1-14-9-15(11-17(26)10-14)20-12-32-22(13-31-20)24(28,29)30;19-12-6-10(1-2-15(27)17-13(20)3-4-24-17)5-11(7-12)14-8-26-16(9-25-14)18(21,22)23;7-11(9,10)6-3-1-5(8)2-4-6/h2-5,9-13,19,23H,1,6-8H2;5-9,13,17,24H,1-4H2;1-4H/t19-,23-;13-,17-;/m00./s1. The lowest BCUT2D eigenvalue weighted by Gasteiger charge is -2.24. The van der Waals surface area contributed by atoms with Gasteiger partial charge in [0.05, 0.1) is 52.0 Å². The highest BCUT2D eigenvalue weighted by atomic mass is 35.7. The minimum Gasteiger partial charge on any atom is -0.305 e. The molecule has 0 unspecified atom stereocenters. The molecule has 0 bridgehead atoms. The Morgan fingerprint density at radius 3 is 1.44 bits per heavy atom. The number of ketones is 2. The lowest BCUT2D eigenvalue weighted by Crippen LogP contribution is -2.44. The summed E-state index contributed by atoms with van der Waals surface area (Å²) in [6.45, 7) is 0.197. The number of aryl methyl sites for hydroxylation is 2. The molecule has 4 atom stereocenters. The van der Waals surface area contributed by atoms with Crippen LogP contribution in [-0.2, 0) is 53.9 Å². The third kappa shape index (κ3) is 15.6. The number of carbonyl (C=O) groups excluding carboxylic acids is 2. The first-order chi connectivity index (χ1) is 35.1. The van der Waals surface area contributed by atoms with Crippen LogP contribution in [0.5, 0.6) is 0 Å². The molecule has 4 aromatic carbocycles. The summed E-state index contributed by atoms with van der Waals surface area (Å²) < 4.78 is 205. The number of aromatic nitrogens is 4. The first-order valence-corrected chi connectivity index (χ1v) is 25.8. The number of hydrogen-bond donors (Lipinski definition) is 1. The molecule has 0 spiro atoms. The van der Waals surface area contributed by atoms with E-state index in [-0.39, 0.29) is 88.7 Å². The van der Waals surface area contributed by atoms with Gasteiger partial charge in [-0.2, -0.15) is 30.6 Å². The molecule has 2 aromatic heterocycles. The van der Waals surface area contributed by atoms with Gasteiger partial charge in [-0.3, -0.25) is 19.6 Å². The van der Waals surface area contributed by atoms with E-state index in [1.807, 2.05) is 0 Å². The molecule has 2 aliphatic heterocycles. The summed E-state index contributed by atoms with van der Waals surface area (Å²) in [7, 11) is -3.03. The largest absolute Gasteiger partial charge is 0.434 e. The number of sulfonamides is 1. The maximum Gasteiger partial charge on any atom is 0.434 e. The maximum absolute atomic E-state index is 14.6. The SMILES string of the molecule is O=C(CCc1cc(F)cc(-c2cnc(C(F)(F)F)cn2)c1)[C@@H]1[C@@H](F)CCN1S(=O)(=O)c1ccc(F)cc1.O=C(CCc1cc(F)cc(-c2cnc(C(F)(F)F)cn2)c1)[C@H]1NCC[C@@H]1F.O=S(=O)(Cl)c1ccc(F)cc1. The van der Waals surface area contributed by atoms with Crippen molar-refractivity contribution in [3.05, 3.63) is 156 Å². The highest BCUT2D eigenvalue weighted by Crippen LogP contribution is 2.32. The Morgan fingerprint density at radius 2 is 1.04 bits per heavy atom. The molecule has 75 heavy (non-hydrogen) atoms. The Kier molecular flexibility index (Phi) is 18.6. The van der Waals surface area contributed by atoms with Gasteiger partial charge in [-0.15, -0.1) is 0 Å². The number of nitrogens with zero attached hydrogens (tertiary/aromatic N) is 5. The fourth-order valence-electron chi connectivity index (χ4n) is 7.66. The van der Waals surface area contributed by atoms with Crippen molar-refractivity contribution in [3.8, 4) is 22.5 Å². The van der Waals surface area contributed by atoms with Crippen LogP contribution in [0, 0.1) is 23.3 Å². The van der Waals surface area contributed by atoms with Crippen LogP contribution in [0.1, 0.15) is 48.2 Å². The summed E-state index contributed by atoms with van der Waals surface area (Å²) in [5, 5.41) is 2.80. The van der Waals surface area contributed by atoms with Crippen LogP contribution in [0.4, 0.5) is 52.7 Å². The van der Waals surface area contributed by atoms with Crippen LogP contribution in [0.3, 0.4) is 0 Å². The number of carbonyl (C=O) groups is 2. The van der Waals surface area contributed by atoms with Crippen molar-refractivity contribution in [2.45, 2.75) is 85.1 Å². The molecule has 0 saturated carbocycles. The summed E-state index contributed by atoms with van der Waals surface area (Å²) in [6.07, 6.45) is -9.54. The van der Waals surface area contributed by atoms with Gasteiger partial charge >= 0.3 is 12.4 Å². The van der Waals surface area contributed by atoms with Crippen molar-refractivity contribution in [1.82, 2.24) is 29.6 Å². The second-order valence-electron chi connectivity index (χ2n) is 16.6. The molecule has 8 rings (SSSR count). The molecule has 2 fully saturated rings. The van der Waals surface area contributed by atoms with Gasteiger partial charge in [0, 0.05) is 41.2 Å². The number of alkyl halides is 8. The van der Waals surface area contributed by atoms with Crippen LogP contribution >= 0.6 is 10.7 Å². The summed E-state index contributed by atoms with van der Waals surface area (Å²) in [5.41, 5.74) is -1.20. The third-order valence-electron chi connectivity index (χ3n) is 11.3. The zero-order chi connectivity index (χ0) is 55.0. The van der Waals surface area contributed by atoms with Gasteiger partial charge in [0.15, 0.2) is 23.0 Å². The molecule has 0 aliphatic carbocycles. The first-order valence-electron chi connectivity index (χ1n) is 22.0. The summed E-state index contributed by atoms with van der Waals surface area (Å²) in [4.78, 5) is 38.6. The second kappa shape index (κ2) is 24.1. The van der Waals surface area contributed by atoms with Gasteiger partial charge in [-0.25, -0.2) is 53.1 Å². The Labute approximate surface area is 424 Å². The van der Waals surface area contributed by atoms with Gasteiger partial charge in [-0.05, 0) is 128 Å². The van der Waals surface area contributed by atoms with E-state index in [4.69, 9.17) is 10.7 Å². The number of Topliss-reactive ketones (excluding diaryl/α,β-unsaturated/α-hetero) is 2. The molecule has 0 amide bonds. The van der Waals surface area contributed by atoms with Crippen molar-refractivity contribution in [1.29, 1.82) is 0 Å². The molecule has 12 nitrogen and oxygen atoms in total. The normalized spacial score (nSPS) is 18.1. The van der Waals surface area contributed by atoms with Crippen LogP contribution in [0.2, 0.25) is 0 Å². The molecule has 400 valence electrons. The molecule has 4 heterocycles. The zero-order valence-corrected chi connectivity index (χ0v) is 40.7. The molecule has 27 heteroatoms. The monoisotopic (exact) mass is 1120 g/mol. The lowest BCUT2D eigenvalue weighted by molar-refractivity contribution is -0.142. The van der Waals surface area contributed by atoms with Gasteiger partial charge in [0.25, 0.3) is 9.05 Å². The number of benzene rings is 4. The number of rotatable bonds is 13. The van der Waals surface area contributed by atoms with E-state index in [0.29, 0.717) is 24.5 Å². The van der Waals surface area contributed by atoms with Gasteiger partial charge < -0.3 is 5.32 Å². The second-order valence-corrected chi connectivity index (χ2v) is 21.1. The van der Waals surface area contributed by atoms with Crippen molar-refractivity contribution < 1.29 is 79.1 Å². The average Bonchev–Trinajstić information content (AvgIpc) is 3.97. The maximum atomic E-state index is 14.6. The highest BCUT2D eigenvalue weighted by Gasteiger charge is 2.45. The summed E-state index contributed by atoms with van der Waals surface area (Å²) >= 11 is 0. The van der Waals surface area contributed by atoms with E-state index in [1.165, 1.54) is 18.2 Å². The molecule has 0 radical (unpaired) electrons. The van der Waals surface area contributed by atoms with Gasteiger partial charge in [-0.1, -0.05) is 0 Å². The number of nitrogens with one attached hydrogen (secondary N) is 1. The minimum atomic E-state index is -4.69. The van der Waals surface area contributed by atoms with E-state index in [0.717, 1.165) is 83.4 Å². The quantitative estimate of drug-likeness (QED) is 0.0863. The van der Waals surface area contributed by atoms with Crippen molar-refractivity contribution in [3.63, 3.8) is 0 Å². The van der Waals surface area contributed by atoms with Crippen LogP contribution in [-0.4, -0.2) is 90.2 Å². The number of hydrogen-bond acceptors (Lipinski definition) is 11. The topological polar surface area (TPSA) is 169 Å². The minimum absolute atomic E-state index is 0.0275. The van der Waals surface area contributed by atoms with Crippen LogP contribution in [0.15, 0.2) is 120 Å². The smallest absolute Gasteiger partial charge is 0.305 e. The molecule has 2 aliphatic rings. The predicted octanol–water partition coefficient (Wildman–Crippen LogP) is 10.00. The van der Waals surface area contributed by atoms with E-state index in [1.54, 1.807) is 0 Å². The van der Waals surface area contributed by atoms with Crippen LogP contribution < -0.4 is 5.32 Å². The summed E-state index contributed by atoms with van der Waals surface area (Å²) in [6, 6.07) is 13.2. The van der Waals surface area contributed by atoms with Crippen molar-refractivity contribution >= 4 is 41.3 Å². The Bertz CT molecular complexity index is 3200. The molecule has 1 N–H and O–H groups in total. The van der Waals surface area contributed by atoms with Gasteiger partial charge in [0.1, 0.15) is 41.7 Å². The first kappa shape index (κ1) is 57.9.